The topological polar surface area (TPSA) is 32.8 Å². The van der Waals surface area contributed by atoms with Gasteiger partial charge in [0.25, 0.3) is 0 Å². The number of nitrogens with zero attached hydrogens (tertiary/aromatic N) is 2. The second-order valence-electron chi connectivity index (χ2n) is 9.44. The first kappa shape index (κ1) is 19.2. The summed E-state index contributed by atoms with van der Waals surface area (Å²) in [4.78, 5) is 18.3. The first-order valence-electron chi connectivity index (χ1n) is 11.6. The van der Waals surface area contributed by atoms with Crippen molar-refractivity contribution in [2.45, 2.75) is 63.5 Å². The Morgan fingerprint density at radius 3 is 2.83 bits per heavy atom. The maximum atomic E-state index is 13.3. The van der Waals surface area contributed by atoms with Crippen molar-refractivity contribution >= 4 is 5.91 Å². The molecule has 0 aromatic heterocycles. The van der Waals surface area contributed by atoms with Gasteiger partial charge in [0, 0.05) is 25.6 Å². The third-order valence-electron chi connectivity index (χ3n) is 7.76. The molecule has 4 heteroatoms. The highest BCUT2D eigenvalue weighted by atomic mass is 16.5. The molecule has 3 heterocycles. The number of hydrogen-bond acceptors (Lipinski definition) is 3. The number of methoxy groups -OCH3 is 1. The average Bonchev–Trinajstić information content (AvgIpc) is 2.77. The number of hydrogen-bond donors (Lipinski definition) is 0. The standard InChI is InChI=1S/C25H34N2O2/c1-29-22-10-7-18(8-11-22)9-12-24(28)27-14-4-5-19-15-20-16-21(25(19)27)17-26-13-3-2-6-23(20)26/h7-8,10-11,15,20-21,23,25H,2-6,9,12-14,16-17H2,1H3/t20-,21-,23-,25-/m0/s1. The average molecular weight is 395 g/mol. The fourth-order valence-corrected chi connectivity index (χ4v) is 6.44. The van der Waals surface area contributed by atoms with Crippen LogP contribution in [0.15, 0.2) is 35.9 Å². The number of rotatable bonds is 4. The van der Waals surface area contributed by atoms with Gasteiger partial charge in [-0.2, -0.15) is 0 Å². The molecule has 0 N–H and O–H groups in total. The third kappa shape index (κ3) is 3.72. The van der Waals surface area contributed by atoms with Gasteiger partial charge in [-0.25, -0.2) is 0 Å². The molecule has 0 radical (unpaired) electrons. The Bertz CT molecular complexity index is 772. The fraction of sp³-hybridized carbons (Fsp3) is 0.640. The number of carbonyl (C=O) groups excluding carboxylic acids is 1. The Morgan fingerprint density at radius 2 is 2.00 bits per heavy atom. The predicted octanol–water partition coefficient (Wildman–Crippen LogP) is 4.05. The lowest BCUT2D eigenvalue weighted by Crippen LogP contribution is -2.60. The highest BCUT2D eigenvalue weighted by Gasteiger charge is 2.46. The van der Waals surface area contributed by atoms with Gasteiger partial charge in [0.15, 0.2) is 0 Å². The van der Waals surface area contributed by atoms with Crippen molar-refractivity contribution in [3.05, 3.63) is 41.5 Å². The fourth-order valence-electron chi connectivity index (χ4n) is 6.44. The summed E-state index contributed by atoms with van der Waals surface area (Å²) in [5, 5.41) is 0. The SMILES string of the molecule is COc1ccc(CCC(=O)N2CCCC3=C[C@H]4C[C@@H](CN5CCCC[C@@H]45)[C@H]32)cc1. The van der Waals surface area contributed by atoms with Gasteiger partial charge in [0.05, 0.1) is 13.2 Å². The van der Waals surface area contributed by atoms with Crippen LogP contribution >= 0.6 is 0 Å². The highest BCUT2D eigenvalue weighted by molar-refractivity contribution is 5.77. The van der Waals surface area contributed by atoms with E-state index in [4.69, 9.17) is 4.74 Å². The molecule has 3 fully saturated rings. The van der Waals surface area contributed by atoms with Crippen LogP contribution in [0.2, 0.25) is 0 Å². The zero-order valence-electron chi connectivity index (χ0n) is 17.7. The Morgan fingerprint density at radius 1 is 1.14 bits per heavy atom. The number of ether oxygens (including phenoxy) is 1. The van der Waals surface area contributed by atoms with E-state index in [1.54, 1.807) is 12.7 Å². The Balaban J connectivity index is 1.29. The number of piperidine rings is 3. The van der Waals surface area contributed by atoms with Crippen molar-refractivity contribution in [2.24, 2.45) is 11.8 Å². The molecule has 3 saturated heterocycles. The Kier molecular flexibility index (Phi) is 5.38. The van der Waals surface area contributed by atoms with Crippen LogP contribution in [0.3, 0.4) is 0 Å². The summed E-state index contributed by atoms with van der Waals surface area (Å²) in [5.74, 6) is 2.58. The van der Waals surface area contributed by atoms with Gasteiger partial charge in [-0.05, 0) is 74.6 Å². The first-order chi connectivity index (χ1) is 14.2. The van der Waals surface area contributed by atoms with Crippen molar-refractivity contribution in [3.63, 3.8) is 0 Å². The molecule has 3 aliphatic heterocycles. The van der Waals surface area contributed by atoms with Crippen LogP contribution in [0.25, 0.3) is 0 Å². The Hall–Kier alpha value is -1.81. The lowest BCUT2D eigenvalue weighted by molar-refractivity contribution is -0.136. The summed E-state index contributed by atoms with van der Waals surface area (Å²) in [6.45, 7) is 3.40. The van der Waals surface area contributed by atoms with Crippen LogP contribution in [0.1, 0.15) is 50.5 Å². The van der Waals surface area contributed by atoms with E-state index in [0.717, 1.165) is 37.1 Å². The van der Waals surface area contributed by atoms with E-state index in [9.17, 15) is 4.79 Å². The minimum Gasteiger partial charge on any atom is -0.497 e. The van der Waals surface area contributed by atoms with Crippen molar-refractivity contribution in [1.29, 1.82) is 0 Å². The smallest absolute Gasteiger partial charge is 0.223 e. The largest absolute Gasteiger partial charge is 0.497 e. The number of amides is 1. The molecular weight excluding hydrogens is 360 g/mol. The van der Waals surface area contributed by atoms with Crippen LogP contribution in [0.4, 0.5) is 0 Å². The molecule has 1 aromatic carbocycles. The number of likely N-dealkylation sites (tertiary alicyclic amines) is 1. The van der Waals surface area contributed by atoms with Crippen molar-refractivity contribution in [2.75, 3.05) is 26.7 Å². The van der Waals surface area contributed by atoms with Gasteiger partial charge in [0.1, 0.15) is 5.75 Å². The molecule has 156 valence electrons. The number of aryl methyl sites for hydroxylation is 1. The molecule has 4 nitrogen and oxygen atoms in total. The normalized spacial score (nSPS) is 31.5. The zero-order chi connectivity index (χ0) is 19.8. The van der Waals surface area contributed by atoms with E-state index in [-0.39, 0.29) is 0 Å². The molecule has 4 aliphatic rings. The van der Waals surface area contributed by atoms with E-state index in [0.29, 0.717) is 24.3 Å². The van der Waals surface area contributed by atoms with Crippen LogP contribution in [-0.4, -0.2) is 54.5 Å². The third-order valence-corrected chi connectivity index (χ3v) is 7.76. The van der Waals surface area contributed by atoms with Gasteiger partial charge in [-0.1, -0.05) is 30.2 Å². The van der Waals surface area contributed by atoms with E-state index < -0.39 is 0 Å². The second-order valence-corrected chi connectivity index (χ2v) is 9.44. The van der Waals surface area contributed by atoms with Gasteiger partial charge in [0.2, 0.25) is 5.91 Å². The summed E-state index contributed by atoms with van der Waals surface area (Å²) in [5.41, 5.74) is 2.80. The molecular formula is C25H34N2O2. The monoisotopic (exact) mass is 394 g/mol. The highest BCUT2D eigenvalue weighted by Crippen LogP contribution is 2.45. The quantitative estimate of drug-likeness (QED) is 0.723. The molecule has 0 unspecified atom stereocenters. The molecule has 5 rings (SSSR count). The summed E-state index contributed by atoms with van der Waals surface area (Å²) in [6.07, 6.45) is 11.8. The summed E-state index contributed by atoms with van der Waals surface area (Å²) in [7, 11) is 1.69. The molecule has 2 bridgehead atoms. The van der Waals surface area contributed by atoms with Crippen molar-refractivity contribution < 1.29 is 9.53 Å². The van der Waals surface area contributed by atoms with Crippen molar-refractivity contribution in [1.82, 2.24) is 9.80 Å². The van der Waals surface area contributed by atoms with Crippen LogP contribution in [-0.2, 0) is 11.2 Å². The molecule has 1 amide bonds. The zero-order valence-corrected chi connectivity index (χ0v) is 17.7. The summed E-state index contributed by atoms with van der Waals surface area (Å²) < 4.78 is 5.24. The minimum atomic E-state index is 0.343. The maximum absolute atomic E-state index is 13.3. The van der Waals surface area contributed by atoms with Gasteiger partial charge < -0.3 is 9.64 Å². The predicted molar refractivity (Wildman–Crippen MR) is 115 cm³/mol. The number of carbonyl (C=O) groups is 1. The van der Waals surface area contributed by atoms with Gasteiger partial charge >= 0.3 is 0 Å². The van der Waals surface area contributed by atoms with Gasteiger partial charge in [-0.15, -0.1) is 0 Å². The summed E-state index contributed by atoms with van der Waals surface area (Å²) in [6, 6.07) is 9.27. The lowest BCUT2D eigenvalue weighted by atomic mass is 9.68. The maximum Gasteiger partial charge on any atom is 0.223 e. The number of benzene rings is 1. The van der Waals surface area contributed by atoms with Crippen LogP contribution < -0.4 is 4.74 Å². The molecule has 29 heavy (non-hydrogen) atoms. The molecule has 1 aromatic rings. The first-order valence-corrected chi connectivity index (χ1v) is 11.6. The van der Waals surface area contributed by atoms with Crippen molar-refractivity contribution in [3.8, 4) is 5.75 Å². The van der Waals surface area contributed by atoms with Gasteiger partial charge in [-0.3, -0.25) is 9.69 Å². The minimum absolute atomic E-state index is 0.343. The molecule has 0 saturated carbocycles. The second kappa shape index (κ2) is 8.14. The summed E-state index contributed by atoms with van der Waals surface area (Å²) >= 11 is 0. The van der Waals surface area contributed by atoms with E-state index in [1.165, 1.54) is 50.8 Å². The Labute approximate surface area is 174 Å². The molecule has 0 spiro atoms. The van der Waals surface area contributed by atoms with E-state index in [1.807, 2.05) is 12.1 Å². The van der Waals surface area contributed by atoms with E-state index in [2.05, 4.69) is 28.0 Å². The van der Waals surface area contributed by atoms with Crippen LogP contribution in [0, 0.1) is 11.8 Å². The van der Waals surface area contributed by atoms with E-state index >= 15 is 0 Å². The number of fused-ring (bicyclic) bond motifs is 6. The van der Waals surface area contributed by atoms with Crippen LogP contribution in [0.5, 0.6) is 5.75 Å². The molecule has 4 atom stereocenters. The molecule has 1 aliphatic carbocycles. The lowest BCUT2D eigenvalue weighted by Gasteiger charge is -2.54.